The number of rotatable bonds is 3. The van der Waals surface area contributed by atoms with Gasteiger partial charge in [-0.1, -0.05) is 18.3 Å². The van der Waals surface area contributed by atoms with Crippen molar-refractivity contribution in [2.24, 2.45) is 0 Å². The van der Waals surface area contributed by atoms with Crippen LogP contribution in [-0.2, 0) is 0 Å². The van der Waals surface area contributed by atoms with E-state index in [1.165, 1.54) is 29.2 Å². The van der Waals surface area contributed by atoms with E-state index in [9.17, 15) is 14.9 Å². The first-order valence-corrected chi connectivity index (χ1v) is 8.81. The van der Waals surface area contributed by atoms with E-state index in [-0.39, 0.29) is 23.2 Å². The lowest BCUT2D eigenvalue weighted by Gasteiger charge is -2.16. The van der Waals surface area contributed by atoms with Crippen molar-refractivity contribution in [3.63, 3.8) is 0 Å². The number of nitro groups is 1. The van der Waals surface area contributed by atoms with Gasteiger partial charge < -0.3 is 14.8 Å². The maximum atomic E-state index is 13.0. The van der Waals surface area contributed by atoms with Crippen molar-refractivity contribution in [1.82, 2.24) is 10.2 Å². The summed E-state index contributed by atoms with van der Waals surface area (Å²) in [4.78, 5) is 24.8. The zero-order valence-corrected chi connectivity index (χ0v) is 15.7. The molecule has 0 radical (unpaired) electrons. The van der Waals surface area contributed by atoms with Crippen LogP contribution in [0.25, 0.3) is 6.08 Å². The van der Waals surface area contributed by atoms with Crippen molar-refractivity contribution >= 4 is 52.2 Å². The van der Waals surface area contributed by atoms with Gasteiger partial charge >= 0.3 is 0 Å². The van der Waals surface area contributed by atoms with Crippen molar-refractivity contribution in [2.75, 3.05) is 6.79 Å². The third kappa shape index (κ3) is 3.19. The summed E-state index contributed by atoms with van der Waals surface area (Å²) in [5.74, 6) is 0.796. The van der Waals surface area contributed by atoms with Gasteiger partial charge in [0.15, 0.2) is 16.6 Å². The zero-order chi connectivity index (χ0) is 19.8. The molecule has 1 N–H and O–H groups in total. The number of non-ortho nitro benzene ring substituents is 1. The average Bonchev–Trinajstić information content (AvgIpc) is 3.25. The molecular weight excluding hydrogens is 402 g/mol. The van der Waals surface area contributed by atoms with Crippen LogP contribution < -0.4 is 14.8 Å². The van der Waals surface area contributed by atoms with Crippen LogP contribution in [-0.4, -0.2) is 32.6 Å². The van der Waals surface area contributed by atoms with E-state index >= 15 is 0 Å². The molecule has 2 aliphatic heterocycles. The lowest BCUT2D eigenvalue weighted by molar-refractivity contribution is -0.384. The van der Waals surface area contributed by atoms with E-state index < -0.39 is 10.8 Å². The number of thiocarbonyl (C=S) groups is 2. The summed E-state index contributed by atoms with van der Waals surface area (Å²) >= 11 is 10.6. The molecule has 1 fully saturated rings. The zero-order valence-electron chi connectivity index (χ0n) is 14.1. The Morgan fingerprint density at radius 3 is 2.57 bits per heavy atom. The van der Waals surface area contributed by atoms with Crippen LogP contribution in [0.15, 0.2) is 48.2 Å². The fourth-order valence-electron chi connectivity index (χ4n) is 2.78. The van der Waals surface area contributed by atoms with Crippen LogP contribution in [0.2, 0.25) is 0 Å². The van der Waals surface area contributed by atoms with Crippen LogP contribution in [0.5, 0.6) is 11.5 Å². The van der Waals surface area contributed by atoms with Crippen molar-refractivity contribution < 1.29 is 19.2 Å². The van der Waals surface area contributed by atoms with Gasteiger partial charge in [0.05, 0.1) is 10.6 Å². The minimum Gasteiger partial charge on any atom is -0.454 e. The quantitative estimate of drug-likeness (QED) is 0.355. The number of fused-ring (bicyclic) bond motifs is 1. The summed E-state index contributed by atoms with van der Waals surface area (Å²) in [5, 5.41) is 13.7. The Kier molecular flexibility index (Phi) is 4.49. The second-order valence-electron chi connectivity index (χ2n) is 5.85. The smallest absolute Gasteiger partial charge is 0.269 e. The van der Waals surface area contributed by atoms with E-state index in [0.717, 1.165) is 5.56 Å². The van der Waals surface area contributed by atoms with E-state index in [1.54, 1.807) is 24.3 Å². The summed E-state index contributed by atoms with van der Waals surface area (Å²) in [7, 11) is 0. The van der Waals surface area contributed by atoms with Crippen LogP contribution >= 0.6 is 24.4 Å². The van der Waals surface area contributed by atoms with Gasteiger partial charge in [-0.2, -0.15) is 0 Å². The van der Waals surface area contributed by atoms with Gasteiger partial charge in [-0.05, 0) is 48.1 Å². The molecular formula is C18H11N3O5S2. The summed E-state index contributed by atoms with van der Waals surface area (Å²) < 4.78 is 10.7. The third-order valence-electron chi connectivity index (χ3n) is 4.13. The number of benzene rings is 2. The largest absolute Gasteiger partial charge is 0.454 e. The molecule has 0 unspecified atom stereocenters. The van der Waals surface area contributed by atoms with Gasteiger partial charge in [0.1, 0.15) is 4.99 Å². The highest BCUT2D eigenvalue weighted by Crippen LogP contribution is 2.33. The third-order valence-corrected chi connectivity index (χ3v) is 4.72. The van der Waals surface area contributed by atoms with Gasteiger partial charge in [0.2, 0.25) is 6.79 Å². The number of hydrogen-bond acceptors (Lipinski definition) is 7. The molecule has 0 aromatic heterocycles. The standard InChI is InChI=1S/C18H11N3O5S2/c22-17(11-2-4-12(5-3-11)21(23)24)20-13(16(27)19-18(20)28)7-10-1-6-14-15(8-10)26-9-25-14/h1-8H,9H2,(H,19,27,28)/b13-7-. The van der Waals surface area contributed by atoms with Crippen molar-refractivity contribution in [2.45, 2.75) is 0 Å². The van der Waals surface area contributed by atoms with Crippen LogP contribution in [0.3, 0.4) is 0 Å². The average molecular weight is 413 g/mol. The summed E-state index contributed by atoms with van der Waals surface area (Å²) in [5.41, 5.74) is 1.29. The molecule has 4 rings (SSSR count). The predicted molar refractivity (Wildman–Crippen MR) is 108 cm³/mol. The van der Waals surface area contributed by atoms with Crippen molar-refractivity contribution in [3.8, 4) is 11.5 Å². The molecule has 1 amide bonds. The number of hydrogen-bond donors (Lipinski definition) is 1. The van der Waals surface area contributed by atoms with Crippen molar-refractivity contribution in [3.05, 3.63) is 69.4 Å². The van der Waals surface area contributed by atoms with E-state index in [2.05, 4.69) is 5.32 Å². The number of nitrogens with one attached hydrogen (secondary N) is 1. The van der Waals surface area contributed by atoms with Crippen molar-refractivity contribution in [1.29, 1.82) is 0 Å². The molecule has 0 spiro atoms. The Labute approximate surface area is 169 Å². The van der Waals surface area contributed by atoms with E-state index in [4.69, 9.17) is 33.9 Å². The lowest BCUT2D eigenvalue weighted by atomic mass is 10.1. The number of amides is 1. The summed E-state index contributed by atoms with van der Waals surface area (Å²) in [6.45, 7) is 0.157. The van der Waals surface area contributed by atoms with Gasteiger partial charge in [-0.25, -0.2) is 4.90 Å². The molecule has 0 saturated carbocycles. The highest BCUT2D eigenvalue weighted by Gasteiger charge is 2.33. The first-order valence-electron chi connectivity index (χ1n) is 7.99. The minimum absolute atomic E-state index is 0.106. The molecule has 1 saturated heterocycles. The highest BCUT2D eigenvalue weighted by atomic mass is 32.1. The molecule has 0 bridgehead atoms. The van der Waals surface area contributed by atoms with Gasteiger partial charge in [0, 0.05) is 17.7 Å². The fourth-order valence-corrected chi connectivity index (χ4v) is 3.37. The Balaban J connectivity index is 1.68. The fraction of sp³-hybridized carbons (Fsp3) is 0.0556. The van der Waals surface area contributed by atoms with Gasteiger partial charge in [0.25, 0.3) is 11.6 Å². The van der Waals surface area contributed by atoms with Gasteiger partial charge in [-0.3, -0.25) is 14.9 Å². The molecule has 28 heavy (non-hydrogen) atoms. The summed E-state index contributed by atoms with van der Waals surface area (Å²) in [6.07, 6.45) is 1.71. The maximum Gasteiger partial charge on any atom is 0.269 e. The first kappa shape index (κ1) is 18.0. The number of carbonyl (C=O) groups is 1. The molecule has 2 heterocycles. The van der Waals surface area contributed by atoms with E-state index in [1.807, 2.05) is 0 Å². The van der Waals surface area contributed by atoms with Gasteiger partial charge in [-0.15, -0.1) is 0 Å². The molecule has 8 nitrogen and oxygen atoms in total. The second-order valence-corrected chi connectivity index (χ2v) is 6.64. The SMILES string of the molecule is O=C(c1ccc([N+](=O)[O-])cc1)N1C(=S)NC(=S)/C1=C/c1ccc2c(c1)OCO2. The summed E-state index contributed by atoms with van der Waals surface area (Å²) in [6, 6.07) is 10.6. The van der Waals surface area contributed by atoms with Crippen LogP contribution in [0, 0.1) is 10.1 Å². The van der Waals surface area contributed by atoms with Crippen LogP contribution in [0.1, 0.15) is 15.9 Å². The molecule has 0 atom stereocenters. The molecule has 0 aliphatic carbocycles. The topological polar surface area (TPSA) is 93.9 Å². The molecule has 10 heteroatoms. The Morgan fingerprint density at radius 1 is 1.14 bits per heavy atom. The number of carbonyl (C=O) groups excluding carboxylic acids is 1. The maximum absolute atomic E-state index is 13.0. The Hall–Kier alpha value is -3.37. The minimum atomic E-state index is -0.531. The molecule has 2 aliphatic rings. The Morgan fingerprint density at radius 2 is 1.86 bits per heavy atom. The van der Waals surface area contributed by atoms with Crippen LogP contribution in [0.4, 0.5) is 5.69 Å². The first-order chi connectivity index (χ1) is 13.4. The lowest BCUT2D eigenvalue weighted by Crippen LogP contribution is -2.33. The van der Waals surface area contributed by atoms with E-state index in [0.29, 0.717) is 22.2 Å². The normalized spacial score (nSPS) is 16.4. The highest BCUT2D eigenvalue weighted by molar-refractivity contribution is 7.82. The molecule has 140 valence electrons. The Bertz CT molecular complexity index is 1070. The predicted octanol–water partition coefficient (Wildman–Crippen LogP) is 3.02. The number of nitro benzene ring substituents is 1. The monoisotopic (exact) mass is 413 g/mol. The molecule has 2 aromatic rings. The number of ether oxygens (including phenoxy) is 2. The molecule has 2 aromatic carbocycles. The second kappa shape index (κ2) is 6.98. The number of nitrogens with zero attached hydrogens (tertiary/aromatic N) is 2.